The second kappa shape index (κ2) is 20.1. The Hall–Kier alpha value is -3.07. The summed E-state index contributed by atoms with van der Waals surface area (Å²) < 4.78 is 17.1. The molecule has 0 aromatic heterocycles. The highest BCUT2D eigenvalue weighted by molar-refractivity contribution is 8.00. The summed E-state index contributed by atoms with van der Waals surface area (Å²) in [4.78, 5) is 57.2. The molecule has 9 nitrogen and oxygen atoms in total. The number of methoxy groups -OCH3 is 1. The van der Waals surface area contributed by atoms with Crippen LogP contribution in [0.1, 0.15) is 83.3 Å². The third-order valence-corrected chi connectivity index (χ3v) is 15.5. The minimum atomic E-state index is -2.23. The second-order valence-electron chi connectivity index (χ2n) is 13.2. The minimum Gasteiger partial charge on any atom is -0.497 e. The topological polar surface area (TPSA) is 111 Å². The number of ketones is 1. The van der Waals surface area contributed by atoms with Gasteiger partial charge in [-0.15, -0.1) is 11.8 Å². The molecular formula is C39H55N2O7PS. The molecule has 2 saturated heterocycles. The Morgan fingerprint density at radius 2 is 1.56 bits per heavy atom. The molecule has 11 heteroatoms. The summed E-state index contributed by atoms with van der Waals surface area (Å²) in [6.07, 6.45) is 9.42. The quantitative estimate of drug-likeness (QED) is 0.0864. The average molecular weight is 727 g/mol. The fourth-order valence-corrected chi connectivity index (χ4v) is 13.1. The first-order chi connectivity index (χ1) is 24.3. The fourth-order valence-electron chi connectivity index (χ4n) is 6.58. The molecule has 2 aliphatic heterocycles. The van der Waals surface area contributed by atoms with Gasteiger partial charge in [-0.05, 0) is 73.8 Å². The highest BCUT2D eigenvalue weighted by Gasteiger charge is 2.54. The van der Waals surface area contributed by atoms with Crippen LogP contribution in [-0.2, 0) is 41.7 Å². The number of hydrogen-bond acceptors (Lipinski definition) is 8. The summed E-state index contributed by atoms with van der Waals surface area (Å²) in [5.74, 6) is -0.288. The van der Waals surface area contributed by atoms with Crippen LogP contribution in [-0.4, -0.2) is 89.4 Å². The molecule has 2 aliphatic rings. The molecule has 2 aromatic rings. The van der Waals surface area contributed by atoms with Crippen molar-refractivity contribution in [2.24, 2.45) is 0 Å². The van der Waals surface area contributed by atoms with Gasteiger partial charge in [0.25, 0.3) is 5.91 Å². The Bertz CT molecular complexity index is 1450. The average Bonchev–Trinajstić information content (AvgIpc) is 3.69. The minimum absolute atomic E-state index is 0.0335. The predicted molar refractivity (Wildman–Crippen MR) is 203 cm³/mol. The van der Waals surface area contributed by atoms with E-state index in [1.165, 1.54) is 11.8 Å². The fraction of sp³-hybridized carbons (Fsp3) is 0.564. The van der Waals surface area contributed by atoms with Gasteiger partial charge in [-0.2, -0.15) is 0 Å². The molecule has 2 heterocycles. The summed E-state index contributed by atoms with van der Waals surface area (Å²) in [5, 5.41) is 2.35. The van der Waals surface area contributed by atoms with E-state index in [0.29, 0.717) is 24.2 Å². The number of carbonyl (C=O) groups is 4. The zero-order valence-corrected chi connectivity index (χ0v) is 31.9. The number of thioether (sulfide) groups is 1. The normalized spacial score (nSPS) is 18.8. The van der Waals surface area contributed by atoms with Crippen LogP contribution < -0.4 is 10.1 Å². The molecule has 1 N–H and O–H groups in total. The first kappa shape index (κ1) is 39.7. The third kappa shape index (κ3) is 10.5. The molecule has 2 amide bonds. The van der Waals surface area contributed by atoms with E-state index in [9.17, 15) is 19.2 Å². The number of rotatable bonds is 21. The first-order valence-corrected chi connectivity index (χ1v) is 21.6. The first-order valence-electron chi connectivity index (χ1n) is 18.2. The molecular weight excluding hydrogens is 671 g/mol. The molecule has 1 unspecified atom stereocenters. The van der Waals surface area contributed by atoms with Crippen LogP contribution in [0.3, 0.4) is 0 Å². The summed E-state index contributed by atoms with van der Waals surface area (Å²) in [5.41, 5.74) is 2.12. The molecule has 4 rings (SSSR count). The van der Waals surface area contributed by atoms with Crippen molar-refractivity contribution >= 4 is 47.6 Å². The van der Waals surface area contributed by atoms with Gasteiger partial charge >= 0.3 is 5.97 Å². The lowest BCUT2D eigenvalue weighted by Crippen LogP contribution is -2.72. The molecule has 0 spiro atoms. The van der Waals surface area contributed by atoms with Gasteiger partial charge < -0.3 is 19.5 Å². The van der Waals surface area contributed by atoms with Gasteiger partial charge in [0.2, 0.25) is 5.91 Å². The number of nitrogens with zero attached hydrogens (tertiary/aromatic N) is 1. The van der Waals surface area contributed by atoms with Crippen LogP contribution in [0.15, 0.2) is 54.6 Å². The Kier molecular flexibility index (Phi) is 16.0. The summed E-state index contributed by atoms with van der Waals surface area (Å²) in [6, 6.07) is 15.9. The number of unbranched alkanes of at least 4 members (excludes halogenated alkanes) is 3. The molecule has 0 aliphatic carbocycles. The van der Waals surface area contributed by atoms with Crippen LogP contribution >= 0.6 is 18.6 Å². The highest BCUT2D eigenvalue weighted by Crippen LogP contribution is 2.54. The monoisotopic (exact) mass is 726 g/mol. The zero-order chi connectivity index (χ0) is 35.9. The van der Waals surface area contributed by atoms with E-state index in [0.717, 1.165) is 74.6 Å². The van der Waals surface area contributed by atoms with Crippen molar-refractivity contribution in [2.75, 3.05) is 38.0 Å². The Morgan fingerprint density at radius 3 is 2.12 bits per heavy atom. The summed E-state index contributed by atoms with van der Waals surface area (Å²) in [6.45, 7) is 4.83. The number of β-lactam (4-membered cyclic amide) rings is 1. The number of benzene rings is 2. The molecule has 0 radical (unpaired) electrons. The number of ether oxygens (including phenoxy) is 3. The lowest BCUT2D eigenvalue weighted by atomic mass is 10.1. The van der Waals surface area contributed by atoms with Crippen LogP contribution in [0.5, 0.6) is 5.75 Å². The number of likely N-dealkylation sites (tertiary alicyclic amines) is 1. The molecule has 2 fully saturated rings. The van der Waals surface area contributed by atoms with E-state index in [4.69, 9.17) is 14.2 Å². The second-order valence-corrected chi connectivity index (χ2v) is 18.4. The lowest BCUT2D eigenvalue weighted by Gasteiger charge is -2.49. The van der Waals surface area contributed by atoms with Gasteiger partial charge in [-0.3, -0.25) is 19.3 Å². The number of nitrogens with one attached hydrogen (secondary N) is 1. The number of amides is 2. The van der Waals surface area contributed by atoms with Crippen molar-refractivity contribution in [3.05, 3.63) is 65.7 Å². The van der Waals surface area contributed by atoms with Gasteiger partial charge in [0.15, 0.2) is 5.78 Å². The molecule has 50 heavy (non-hydrogen) atoms. The van der Waals surface area contributed by atoms with Crippen LogP contribution in [0.2, 0.25) is 0 Å². The maximum atomic E-state index is 14.6. The van der Waals surface area contributed by atoms with Gasteiger partial charge in [0.1, 0.15) is 35.3 Å². The van der Waals surface area contributed by atoms with Gasteiger partial charge in [0, 0.05) is 6.61 Å². The maximum absolute atomic E-state index is 14.6. The number of Topliss-reactive ketones (excluding diaryl/α,β-unsaturated/α-hetero) is 1. The maximum Gasteiger partial charge on any atom is 0.355 e. The third-order valence-electron chi connectivity index (χ3n) is 9.46. The van der Waals surface area contributed by atoms with Gasteiger partial charge in [-0.25, -0.2) is 4.79 Å². The lowest BCUT2D eigenvalue weighted by molar-refractivity contribution is -0.146. The molecule has 0 bridgehead atoms. The van der Waals surface area contributed by atoms with Crippen molar-refractivity contribution < 1.29 is 33.4 Å². The van der Waals surface area contributed by atoms with Crippen molar-refractivity contribution in [3.63, 3.8) is 0 Å². The number of hydrogen-bond donors (Lipinski definition) is 1. The van der Waals surface area contributed by atoms with E-state index < -0.39 is 30.4 Å². The van der Waals surface area contributed by atoms with Crippen LogP contribution in [0.4, 0.5) is 0 Å². The smallest absolute Gasteiger partial charge is 0.355 e. The SMILES string of the molecule is CCCCP(CCCC)(CCCC)=C(C(=O)OCc1ccc(OC)cc1)N1C(=O)[C@@H](NC(=O)Cc2ccccc2)[C@H]1SCC(=O)C1CCCO1. The van der Waals surface area contributed by atoms with E-state index in [2.05, 4.69) is 26.1 Å². The van der Waals surface area contributed by atoms with Crippen molar-refractivity contribution in [2.45, 2.75) is 103 Å². The van der Waals surface area contributed by atoms with E-state index >= 15 is 0 Å². The van der Waals surface area contributed by atoms with Crippen molar-refractivity contribution in [1.29, 1.82) is 0 Å². The molecule has 2 aromatic carbocycles. The van der Waals surface area contributed by atoms with E-state index in [-0.39, 0.29) is 36.4 Å². The molecule has 3 atom stereocenters. The van der Waals surface area contributed by atoms with Crippen molar-refractivity contribution in [3.8, 4) is 5.75 Å². The summed E-state index contributed by atoms with van der Waals surface area (Å²) >= 11 is 1.31. The summed E-state index contributed by atoms with van der Waals surface area (Å²) in [7, 11) is 1.60. The van der Waals surface area contributed by atoms with Crippen molar-refractivity contribution in [1.82, 2.24) is 10.2 Å². The van der Waals surface area contributed by atoms with E-state index in [1.54, 1.807) is 12.0 Å². The van der Waals surface area contributed by atoms with E-state index in [1.807, 2.05) is 54.6 Å². The largest absolute Gasteiger partial charge is 0.497 e. The van der Waals surface area contributed by atoms with Gasteiger partial charge in [-0.1, -0.05) is 89.4 Å². The number of carbonyl (C=O) groups excluding carboxylic acids is 4. The van der Waals surface area contributed by atoms with Gasteiger partial charge in [0.05, 0.1) is 19.3 Å². The predicted octanol–water partition coefficient (Wildman–Crippen LogP) is 6.66. The molecule has 0 saturated carbocycles. The number of esters is 1. The highest BCUT2D eigenvalue weighted by atomic mass is 32.2. The Labute approximate surface area is 302 Å². The van der Waals surface area contributed by atoms with Crippen LogP contribution in [0.25, 0.3) is 0 Å². The standard InChI is InChI=1S/C39H55N2O7PS/c1-5-8-23-49(24-9-6-2,25-10-7-3)37(39(45)48-27-30-18-20-31(46-4)21-19-30)41-36(44)35(40-34(43)26-29-15-12-11-13-16-29)38(41)50-28-32(42)33-17-14-22-47-33/h11-13,15-16,18-21,33,35,38H,5-10,14,17,22-28H2,1-4H3,(H,40,43)/t33?,35-,38-/m1/s1. The van der Waals surface area contributed by atoms with Crippen LogP contribution in [0, 0.1) is 0 Å². The Morgan fingerprint density at radius 1 is 0.920 bits per heavy atom. The zero-order valence-electron chi connectivity index (χ0n) is 30.2. The Balaban J connectivity index is 1.74. The molecule has 274 valence electrons.